The Morgan fingerprint density at radius 2 is 1.67 bits per heavy atom. The first kappa shape index (κ1) is 18.0. The van der Waals surface area contributed by atoms with Gasteiger partial charge in [-0.3, -0.25) is 20.4 Å². The van der Waals surface area contributed by atoms with E-state index in [0.29, 0.717) is 5.75 Å². The number of nitrogens with one attached hydrogen (secondary N) is 2. The summed E-state index contributed by atoms with van der Waals surface area (Å²) in [5.41, 5.74) is 7.59. The maximum atomic E-state index is 11.8. The van der Waals surface area contributed by atoms with Crippen LogP contribution in [0.5, 0.6) is 5.75 Å². The molecule has 0 atom stereocenters. The molecule has 0 unspecified atom stereocenters. The first-order chi connectivity index (χ1) is 11.4. The van der Waals surface area contributed by atoms with Gasteiger partial charge >= 0.3 is 0 Å². The Morgan fingerprint density at radius 1 is 1.00 bits per heavy atom. The lowest BCUT2D eigenvalue weighted by molar-refractivity contribution is -0.129. The first-order valence-electron chi connectivity index (χ1n) is 7.46. The van der Waals surface area contributed by atoms with E-state index in [-0.39, 0.29) is 18.9 Å². The lowest BCUT2D eigenvalue weighted by Gasteiger charge is -2.11. The van der Waals surface area contributed by atoms with Crippen LogP contribution in [0.4, 0.5) is 0 Å². The summed E-state index contributed by atoms with van der Waals surface area (Å²) in [6.07, 6.45) is 0.186. The summed E-state index contributed by atoms with van der Waals surface area (Å²) in [6.45, 7) is 3.70. The molecule has 0 heterocycles. The number of hydrogen-bond donors (Lipinski definition) is 2. The van der Waals surface area contributed by atoms with E-state index in [9.17, 15) is 9.59 Å². The quantitative estimate of drug-likeness (QED) is 0.771. The zero-order valence-electron chi connectivity index (χ0n) is 13.6. The average Bonchev–Trinajstić information content (AvgIpc) is 2.56. The highest BCUT2D eigenvalue weighted by Crippen LogP contribution is 2.18. The normalized spacial score (nSPS) is 10.1. The maximum Gasteiger partial charge on any atom is 0.276 e. The molecule has 0 fully saturated rings. The standard InChI is InChI=1S/C18H19BrN2O3/c1-12-3-4-13(2)16(9-12)24-11-18(23)21-20-17(22)10-14-5-7-15(19)8-6-14/h3-9H,10-11H2,1-2H3,(H,20,22)(H,21,23). The lowest BCUT2D eigenvalue weighted by atomic mass is 10.1. The summed E-state index contributed by atoms with van der Waals surface area (Å²) in [4.78, 5) is 23.6. The number of carbonyl (C=O) groups excluding carboxylic acids is 2. The molecule has 126 valence electrons. The molecule has 2 amide bonds. The fourth-order valence-corrected chi connectivity index (χ4v) is 2.28. The van der Waals surface area contributed by atoms with Gasteiger partial charge in [0.05, 0.1) is 6.42 Å². The number of hydrogen-bond acceptors (Lipinski definition) is 3. The Morgan fingerprint density at radius 3 is 2.38 bits per heavy atom. The molecule has 6 heteroatoms. The predicted octanol–water partition coefficient (Wildman–Crippen LogP) is 2.83. The summed E-state index contributed by atoms with van der Waals surface area (Å²) in [6, 6.07) is 13.2. The van der Waals surface area contributed by atoms with Crippen LogP contribution >= 0.6 is 15.9 Å². The summed E-state index contributed by atoms with van der Waals surface area (Å²) in [7, 11) is 0. The fourth-order valence-electron chi connectivity index (χ4n) is 2.01. The molecule has 5 nitrogen and oxygen atoms in total. The van der Waals surface area contributed by atoms with Crippen LogP contribution in [0.1, 0.15) is 16.7 Å². The van der Waals surface area contributed by atoms with Gasteiger partial charge in [-0.2, -0.15) is 0 Å². The van der Waals surface area contributed by atoms with Gasteiger partial charge in [0.25, 0.3) is 5.91 Å². The van der Waals surface area contributed by atoms with Crippen LogP contribution in [-0.4, -0.2) is 18.4 Å². The molecule has 2 aromatic rings. The minimum Gasteiger partial charge on any atom is -0.483 e. The fraction of sp³-hybridized carbons (Fsp3) is 0.222. The molecule has 0 radical (unpaired) electrons. The van der Waals surface area contributed by atoms with Crippen molar-refractivity contribution in [2.24, 2.45) is 0 Å². The molecule has 0 saturated heterocycles. The Balaban J connectivity index is 1.75. The number of hydrazine groups is 1. The molecule has 2 aromatic carbocycles. The number of ether oxygens (including phenoxy) is 1. The van der Waals surface area contributed by atoms with Gasteiger partial charge in [-0.1, -0.05) is 40.2 Å². The van der Waals surface area contributed by atoms with E-state index in [4.69, 9.17) is 4.74 Å². The summed E-state index contributed by atoms with van der Waals surface area (Å²) in [5.74, 6) is -0.0520. The van der Waals surface area contributed by atoms with Crippen molar-refractivity contribution in [1.82, 2.24) is 10.9 Å². The third-order valence-electron chi connectivity index (χ3n) is 3.32. The van der Waals surface area contributed by atoms with Crippen molar-refractivity contribution in [3.05, 3.63) is 63.6 Å². The SMILES string of the molecule is Cc1ccc(C)c(OCC(=O)NNC(=O)Cc2ccc(Br)cc2)c1. The first-order valence-corrected chi connectivity index (χ1v) is 8.25. The zero-order valence-corrected chi connectivity index (χ0v) is 15.1. The molecule has 2 N–H and O–H groups in total. The highest BCUT2D eigenvalue weighted by atomic mass is 79.9. The van der Waals surface area contributed by atoms with Crippen LogP contribution in [-0.2, 0) is 16.0 Å². The molecule has 0 bridgehead atoms. The van der Waals surface area contributed by atoms with Crippen LogP contribution in [0.3, 0.4) is 0 Å². The third-order valence-corrected chi connectivity index (χ3v) is 3.85. The van der Waals surface area contributed by atoms with Gasteiger partial charge in [0.1, 0.15) is 5.75 Å². The summed E-state index contributed by atoms with van der Waals surface area (Å²) < 4.78 is 6.42. The van der Waals surface area contributed by atoms with E-state index in [1.165, 1.54) is 0 Å². The van der Waals surface area contributed by atoms with E-state index in [2.05, 4.69) is 26.8 Å². The van der Waals surface area contributed by atoms with Gasteiger partial charge in [0.15, 0.2) is 6.61 Å². The number of halogens is 1. The van der Waals surface area contributed by atoms with E-state index >= 15 is 0 Å². The van der Waals surface area contributed by atoms with E-state index in [1.54, 1.807) is 0 Å². The van der Waals surface area contributed by atoms with Crippen molar-refractivity contribution in [3.63, 3.8) is 0 Å². The Kier molecular flexibility index (Phi) is 6.37. The highest BCUT2D eigenvalue weighted by molar-refractivity contribution is 9.10. The van der Waals surface area contributed by atoms with Gasteiger partial charge in [0, 0.05) is 4.47 Å². The number of benzene rings is 2. The Labute approximate surface area is 149 Å². The van der Waals surface area contributed by atoms with Crippen LogP contribution in [0.25, 0.3) is 0 Å². The van der Waals surface area contributed by atoms with Crippen molar-refractivity contribution in [1.29, 1.82) is 0 Å². The van der Waals surface area contributed by atoms with Crippen LogP contribution < -0.4 is 15.6 Å². The smallest absolute Gasteiger partial charge is 0.276 e. The molecule has 2 rings (SSSR count). The minimum atomic E-state index is -0.417. The van der Waals surface area contributed by atoms with Crippen LogP contribution in [0.15, 0.2) is 46.9 Å². The number of carbonyl (C=O) groups is 2. The number of rotatable bonds is 5. The molecule has 0 saturated carbocycles. The summed E-state index contributed by atoms with van der Waals surface area (Å²) >= 11 is 3.34. The molecule has 0 aliphatic heterocycles. The lowest BCUT2D eigenvalue weighted by Crippen LogP contribution is -2.44. The number of aryl methyl sites for hydroxylation is 2. The molecular formula is C18H19BrN2O3. The van der Waals surface area contributed by atoms with Gasteiger partial charge < -0.3 is 4.74 Å². The second kappa shape index (κ2) is 8.49. The van der Waals surface area contributed by atoms with E-state index in [0.717, 1.165) is 21.2 Å². The monoisotopic (exact) mass is 390 g/mol. The molecular weight excluding hydrogens is 372 g/mol. The Bertz CT molecular complexity index is 730. The second-order valence-corrected chi connectivity index (χ2v) is 6.37. The molecule has 24 heavy (non-hydrogen) atoms. The van der Waals surface area contributed by atoms with E-state index in [1.807, 2.05) is 56.3 Å². The van der Waals surface area contributed by atoms with Crippen molar-refractivity contribution < 1.29 is 14.3 Å². The Hall–Kier alpha value is -2.34. The zero-order chi connectivity index (χ0) is 17.5. The topological polar surface area (TPSA) is 67.4 Å². The molecule has 0 spiro atoms. The largest absolute Gasteiger partial charge is 0.483 e. The summed E-state index contributed by atoms with van der Waals surface area (Å²) in [5, 5.41) is 0. The van der Waals surface area contributed by atoms with Gasteiger partial charge in [-0.05, 0) is 48.7 Å². The molecule has 0 aromatic heterocycles. The molecule has 0 aliphatic rings. The van der Waals surface area contributed by atoms with Gasteiger partial charge in [-0.25, -0.2) is 0 Å². The maximum absolute atomic E-state index is 11.8. The van der Waals surface area contributed by atoms with Crippen LogP contribution in [0.2, 0.25) is 0 Å². The molecule has 0 aliphatic carbocycles. The second-order valence-electron chi connectivity index (χ2n) is 5.46. The van der Waals surface area contributed by atoms with Crippen molar-refractivity contribution in [3.8, 4) is 5.75 Å². The third kappa shape index (κ3) is 5.70. The minimum absolute atomic E-state index is 0.164. The average molecular weight is 391 g/mol. The number of amides is 2. The predicted molar refractivity (Wildman–Crippen MR) is 95.5 cm³/mol. The van der Waals surface area contributed by atoms with Crippen molar-refractivity contribution in [2.75, 3.05) is 6.61 Å². The van der Waals surface area contributed by atoms with Crippen LogP contribution in [0, 0.1) is 13.8 Å². The van der Waals surface area contributed by atoms with Crippen molar-refractivity contribution >= 4 is 27.7 Å². The highest BCUT2D eigenvalue weighted by Gasteiger charge is 2.08. The van der Waals surface area contributed by atoms with Gasteiger partial charge in [0.2, 0.25) is 5.91 Å². The van der Waals surface area contributed by atoms with Gasteiger partial charge in [-0.15, -0.1) is 0 Å². The van der Waals surface area contributed by atoms with Crippen molar-refractivity contribution in [2.45, 2.75) is 20.3 Å². The van der Waals surface area contributed by atoms with E-state index < -0.39 is 5.91 Å².